The van der Waals surface area contributed by atoms with Crippen molar-refractivity contribution in [3.8, 4) is 0 Å². The summed E-state index contributed by atoms with van der Waals surface area (Å²) in [5.74, 6) is -0.849. The Morgan fingerprint density at radius 2 is 0.471 bits per heavy atom. The van der Waals surface area contributed by atoms with Gasteiger partial charge in [0, 0.05) is 19.3 Å². The molecule has 0 bridgehead atoms. The van der Waals surface area contributed by atoms with E-state index in [-0.39, 0.29) is 31.1 Å². The van der Waals surface area contributed by atoms with Crippen molar-refractivity contribution < 1.29 is 28.6 Å². The first-order valence-electron chi connectivity index (χ1n) is 31.7. The number of carbonyl (C=O) groups is 3. The van der Waals surface area contributed by atoms with Gasteiger partial charge < -0.3 is 14.2 Å². The molecule has 0 fully saturated rings. The van der Waals surface area contributed by atoms with Crippen molar-refractivity contribution in [1.29, 1.82) is 0 Å². The molecule has 0 aliphatic heterocycles. The van der Waals surface area contributed by atoms with E-state index in [9.17, 15) is 14.4 Å². The summed E-state index contributed by atoms with van der Waals surface area (Å²) in [5, 5.41) is 0. The van der Waals surface area contributed by atoms with E-state index in [1.807, 2.05) is 0 Å². The Bertz CT molecular complexity index is 1090. The van der Waals surface area contributed by atoms with E-state index in [4.69, 9.17) is 14.2 Å². The predicted molar refractivity (Wildman–Crippen MR) is 303 cm³/mol. The maximum atomic E-state index is 12.8. The molecule has 1 unspecified atom stereocenters. The topological polar surface area (TPSA) is 78.9 Å². The SMILES string of the molecule is CCCCCCCCCC/C=C\CCCCCCCCCCCCCCCCCCCCCC(=O)OCC(COC(=O)CCCCCCCC)OC(=O)CCCCCCCCCCCCCCCCC. The standard InChI is InChI=1S/C64H122O6/c1-4-7-10-13-16-18-20-22-24-25-26-27-28-29-30-31-32-33-34-35-36-37-38-39-41-42-44-46-48-51-54-57-63(66)69-60-61(59-68-62(65)56-53-50-15-12-9-6-3)70-64(67)58-55-52-49-47-45-43-40-23-21-19-17-14-11-8-5-2/h25-26,61H,4-24,27-60H2,1-3H3/b26-25-. The highest BCUT2D eigenvalue weighted by Crippen LogP contribution is 2.18. The Kier molecular flexibility index (Phi) is 58.1. The van der Waals surface area contributed by atoms with Crippen LogP contribution in [-0.2, 0) is 28.6 Å². The monoisotopic (exact) mass is 987 g/mol. The highest BCUT2D eigenvalue weighted by Gasteiger charge is 2.19. The first-order chi connectivity index (χ1) is 34.5. The van der Waals surface area contributed by atoms with E-state index in [0.29, 0.717) is 19.3 Å². The molecule has 0 radical (unpaired) electrons. The number of esters is 3. The van der Waals surface area contributed by atoms with E-state index >= 15 is 0 Å². The van der Waals surface area contributed by atoms with Gasteiger partial charge in [0.2, 0.25) is 0 Å². The second-order valence-electron chi connectivity index (χ2n) is 21.7. The highest BCUT2D eigenvalue weighted by atomic mass is 16.6. The summed E-state index contributed by atoms with van der Waals surface area (Å²) in [4.78, 5) is 37.9. The van der Waals surface area contributed by atoms with Crippen LogP contribution in [-0.4, -0.2) is 37.2 Å². The van der Waals surface area contributed by atoms with Gasteiger partial charge in [0.15, 0.2) is 6.10 Å². The number of rotatable bonds is 59. The van der Waals surface area contributed by atoms with Crippen LogP contribution in [0.4, 0.5) is 0 Å². The van der Waals surface area contributed by atoms with Crippen LogP contribution in [0.5, 0.6) is 0 Å². The smallest absolute Gasteiger partial charge is 0.306 e. The molecule has 0 aliphatic rings. The normalized spacial score (nSPS) is 12.0. The van der Waals surface area contributed by atoms with Gasteiger partial charge in [-0.3, -0.25) is 14.4 Å². The highest BCUT2D eigenvalue weighted by molar-refractivity contribution is 5.71. The van der Waals surface area contributed by atoms with Crippen molar-refractivity contribution in [2.24, 2.45) is 0 Å². The van der Waals surface area contributed by atoms with Crippen LogP contribution in [0.15, 0.2) is 12.2 Å². The van der Waals surface area contributed by atoms with Crippen molar-refractivity contribution >= 4 is 17.9 Å². The van der Waals surface area contributed by atoms with Crippen LogP contribution in [0.3, 0.4) is 0 Å². The molecule has 0 saturated carbocycles. The Morgan fingerprint density at radius 3 is 0.714 bits per heavy atom. The van der Waals surface area contributed by atoms with Gasteiger partial charge in [-0.1, -0.05) is 309 Å². The number of ether oxygens (including phenoxy) is 3. The van der Waals surface area contributed by atoms with E-state index in [1.165, 1.54) is 263 Å². The Morgan fingerprint density at radius 1 is 0.271 bits per heavy atom. The van der Waals surface area contributed by atoms with Gasteiger partial charge in [0.1, 0.15) is 13.2 Å². The maximum Gasteiger partial charge on any atom is 0.306 e. The molecular weight excluding hydrogens is 865 g/mol. The van der Waals surface area contributed by atoms with Crippen molar-refractivity contribution in [3.63, 3.8) is 0 Å². The minimum Gasteiger partial charge on any atom is -0.462 e. The van der Waals surface area contributed by atoms with E-state index in [1.54, 1.807) is 0 Å². The molecule has 0 amide bonds. The van der Waals surface area contributed by atoms with Crippen LogP contribution < -0.4 is 0 Å². The predicted octanol–water partition coefficient (Wildman–Crippen LogP) is 21.3. The average molecular weight is 988 g/mol. The summed E-state index contributed by atoms with van der Waals surface area (Å²) in [7, 11) is 0. The molecule has 0 aromatic heterocycles. The lowest BCUT2D eigenvalue weighted by atomic mass is 10.0. The Balaban J connectivity index is 3.92. The molecule has 0 aromatic carbocycles. The fourth-order valence-electron chi connectivity index (χ4n) is 9.74. The van der Waals surface area contributed by atoms with E-state index in [0.717, 1.165) is 57.8 Å². The third-order valence-electron chi connectivity index (χ3n) is 14.5. The van der Waals surface area contributed by atoms with Crippen LogP contribution in [0.25, 0.3) is 0 Å². The van der Waals surface area contributed by atoms with Crippen molar-refractivity contribution in [2.75, 3.05) is 13.2 Å². The minimum absolute atomic E-state index is 0.0637. The molecule has 1 atom stereocenters. The number of unbranched alkanes of at least 4 members (excludes halogenated alkanes) is 46. The third-order valence-corrected chi connectivity index (χ3v) is 14.5. The number of allylic oxidation sites excluding steroid dienone is 2. The van der Waals surface area contributed by atoms with Crippen LogP contribution in [0, 0.1) is 0 Å². The fourth-order valence-corrected chi connectivity index (χ4v) is 9.74. The zero-order valence-corrected chi connectivity index (χ0v) is 47.6. The molecule has 0 heterocycles. The average Bonchev–Trinajstić information content (AvgIpc) is 3.36. The second kappa shape index (κ2) is 59.7. The number of carbonyl (C=O) groups excluding carboxylic acids is 3. The molecule has 0 spiro atoms. The molecule has 0 N–H and O–H groups in total. The number of hydrogen-bond acceptors (Lipinski definition) is 6. The molecule has 414 valence electrons. The summed E-state index contributed by atoms with van der Waals surface area (Å²) >= 11 is 0. The van der Waals surface area contributed by atoms with Crippen molar-refractivity contribution in [3.05, 3.63) is 12.2 Å². The summed E-state index contributed by atoms with van der Waals surface area (Å²) in [6.45, 7) is 6.64. The van der Waals surface area contributed by atoms with Gasteiger partial charge in [-0.25, -0.2) is 0 Å². The minimum atomic E-state index is -0.761. The lowest BCUT2D eigenvalue weighted by molar-refractivity contribution is -0.167. The molecule has 0 aliphatic carbocycles. The van der Waals surface area contributed by atoms with Gasteiger partial charge in [0.05, 0.1) is 0 Å². The van der Waals surface area contributed by atoms with E-state index < -0.39 is 6.10 Å². The van der Waals surface area contributed by atoms with Crippen molar-refractivity contribution in [2.45, 2.75) is 367 Å². The molecule has 0 saturated heterocycles. The second-order valence-corrected chi connectivity index (χ2v) is 21.7. The van der Waals surface area contributed by atoms with Gasteiger partial charge in [0.25, 0.3) is 0 Å². The summed E-state index contributed by atoms with van der Waals surface area (Å²) in [6.07, 6.45) is 69.9. The van der Waals surface area contributed by atoms with Crippen molar-refractivity contribution in [1.82, 2.24) is 0 Å². The Labute approximate surface area is 437 Å². The fraction of sp³-hybridized carbons (Fsp3) is 0.922. The molecule has 0 aromatic rings. The van der Waals surface area contributed by atoms with E-state index in [2.05, 4.69) is 32.9 Å². The molecule has 6 nitrogen and oxygen atoms in total. The molecule has 70 heavy (non-hydrogen) atoms. The van der Waals surface area contributed by atoms with Crippen LogP contribution in [0.1, 0.15) is 361 Å². The summed E-state index contributed by atoms with van der Waals surface area (Å²) in [6, 6.07) is 0. The molecular formula is C64H122O6. The van der Waals surface area contributed by atoms with Crippen LogP contribution in [0.2, 0.25) is 0 Å². The first-order valence-corrected chi connectivity index (χ1v) is 31.7. The zero-order chi connectivity index (χ0) is 50.7. The Hall–Kier alpha value is -1.85. The van der Waals surface area contributed by atoms with Gasteiger partial charge >= 0.3 is 17.9 Å². The summed E-state index contributed by atoms with van der Waals surface area (Å²) in [5.41, 5.74) is 0. The number of hydrogen-bond donors (Lipinski definition) is 0. The lowest BCUT2D eigenvalue weighted by Gasteiger charge is -2.18. The van der Waals surface area contributed by atoms with Crippen LogP contribution >= 0.6 is 0 Å². The summed E-state index contributed by atoms with van der Waals surface area (Å²) < 4.78 is 16.8. The first kappa shape index (κ1) is 68.2. The molecule has 6 heteroatoms. The largest absolute Gasteiger partial charge is 0.462 e. The lowest BCUT2D eigenvalue weighted by Crippen LogP contribution is -2.30. The molecule has 0 rings (SSSR count). The maximum absolute atomic E-state index is 12.8. The third kappa shape index (κ3) is 57.1. The van der Waals surface area contributed by atoms with Gasteiger partial charge in [-0.2, -0.15) is 0 Å². The van der Waals surface area contributed by atoms with Gasteiger partial charge in [-0.15, -0.1) is 0 Å². The quantitative estimate of drug-likeness (QED) is 0.0261. The zero-order valence-electron chi connectivity index (χ0n) is 47.6. The van der Waals surface area contributed by atoms with Gasteiger partial charge in [-0.05, 0) is 44.9 Å².